The lowest BCUT2D eigenvalue weighted by Gasteiger charge is -2.47. The van der Waals surface area contributed by atoms with Gasteiger partial charge in [-0.3, -0.25) is 9.78 Å². The molecular formula is C23H28Cl2N6O2. The fraction of sp³-hybridized carbons (Fsp3) is 0.478. The number of piperidine rings is 1. The van der Waals surface area contributed by atoms with Crippen LogP contribution in [0.5, 0.6) is 0 Å². The van der Waals surface area contributed by atoms with Crippen molar-refractivity contribution in [3.8, 4) is 0 Å². The number of pyridine rings is 2. The molecule has 3 atom stereocenters. The maximum absolute atomic E-state index is 13.3. The van der Waals surface area contributed by atoms with Crippen molar-refractivity contribution in [2.45, 2.75) is 49.9 Å². The minimum absolute atomic E-state index is 0. The van der Waals surface area contributed by atoms with Gasteiger partial charge in [-0.15, -0.1) is 24.8 Å². The SMILES string of the molecule is Cl.Cl.O=C(c1cnc2c(c1)ncn2Cc1ccccn1)N1CCOC2(C[C@H]3CC[C@@H](C2)N3)C1. The van der Waals surface area contributed by atoms with Gasteiger partial charge in [0.15, 0.2) is 5.65 Å². The van der Waals surface area contributed by atoms with Gasteiger partial charge in [-0.05, 0) is 43.9 Å². The molecule has 3 aromatic heterocycles. The standard InChI is InChI=1S/C23H26N6O2.2ClH/c30-22(28-7-8-31-23(14-28)10-17-4-5-18(11-23)27-17)16-9-20-21(25-12-16)29(15-26-20)13-19-3-1-2-6-24-19;;/h1-3,6,9,12,15,17-18,27H,4-5,7-8,10-11,13-14H2;2*1H/t17-,18+,23?;;. The molecular weight excluding hydrogens is 463 g/mol. The topological polar surface area (TPSA) is 85.2 Å². The average Bonchev–Trinajstić information content (AvgIpc) is 3.36. The van der Waals surface area contributed by atoms with Crippen LogP contribution >= 0.6 is 24.8 Å². The van der Waals surface area contributed by atoms with Crippen LogP contribution in [0.3, 0.4) is 0 Å². The first-order chi connectivity index (χ1) is 15.2. The van der Waals surface area contributed by atoms with Gasteiger partial charge in [-0.25, -0.2) is 9.97 Å². The maximum Gasteiger partial charge on any atom is 0.255 e. The number of morpholine rings is 1. The second-order valence-electron chi connectivity index (χ2n) is 9.06. The van der Waals surface area contributed by atoms with Gasteiger partial charge >= 0.3 is 0 Å². The molecule has 0 aromatic carbocycles. The molecule has 2 bridgehead atoms. The van der Waals surface area contributed by atoms with Gasteiger partial charge in [-0.1, -0.05) is 6.07 Å². The van der Waals surface area contributed by atoms with E-state index in [9.17, 15) is 4.79 Å². The molecule has 3 aromatic rings. The Morgan fingerprint density at radius 2 is 1.97 bits per heavy atom. The molecule has 3 aliphatic rings. The summed E-state index contributed by atoms with van der Waals surface area (Å²) in [6.07, 6.45) is 9.62. The Morgan fingerprint density at radius 3 is 2.73 bits per heavy atom. The highest BCUT2D eigenvalue weighted by atomic mass is 35.5. The number of nitrogens with zero attached hydrogens (tertiary/aromatic N) is 5. The van der Waals surface area contributed by atoms with Gasteiger partial charge in [0.05, 0.1) is 42.9 Å². The van der Waals surface area contributed by atoms with E-state index in [1.165, 1.54) is 12.8 Å². The summed E-state index contributed by atoms with van der Waals surface area (Å²) in [6, 6.07) is 8.74. The van der Waals surface area contributed by atoms with Crippen molar-refractivity contribution in [3.63, 3.8) is 0 Å². The molecule has 10 heteroatoms. The molecule has 176 valence electrons. The fourth-order valence-corrected chi connectivity index (χ4v) is 5.50. The number of hydrogen-bond donors (Lipinski definition) is 1. The Kier molecular flexibility index (Phi) is 6.91. The summed E-state index contributed by atoms with van der Waals surface area (Å²) in [5.74, 6) is 0.0160. The second kappa shape index (κ2) is 9.54. The van der Waals surface area contributed by atoms with E-state index in [0.29, 0.717) is 43.9 Å². The largest absolute Gasteiger partial charge is 0.371 e. The Labute approximate surface area is 205 Å². The van der Waals surface area contributed by atoms with E-state index in [0.717, 1.165) is 29.7 Å². The first-order valence-corrected chi connectivity index (χ1v) is 11.1. The smallest absolute Gasteiger partial charge is 0.255 e. The predicted octanol–water partition coefficient (Wildman–Crippen LogP) is 2.84. The van der Waals surface area contributed by atoms with E-state index in [1.807, 2.05) is 33.7 Å². The molecule has 3 saturated heterocycles. The Hall–Kier alpha value is -2.26. The molecule has 1 amide bonds. The number of amides is 1. The monoisotopic (exact) mass is 490 g/mol. The number of aromatic nitrogens is 4. The Balaban J connectivity index is 0.00000130. The highest BCUT2D eigenvalue weighted by Crippen LogP contribution is 2.38. The number of carbonyl (C=O) groups excluding carboxylic acids is 1. The zero-order valence-corrected chi connectivity index (χ0v) is 19.9. The molecule has 33 heavy (non-hydrogen) atoms. The van der Waals surface area contributed by atoms with Crippen LogP contribution in [0.1, 0.15) is 41.7 Å². The number of nitrogens with one attached hydrogen (secondary N) is 1. The molecule has 1 unspecified atom stereocenters. The summed E-state index contributed by atoms with van der Waals surface area (Å²) in [6.45, 7) is 2.47. The minimum atomic E-state index is -0.202. The summed E-state index contributed by atoms with van der Waals surface area (Å²) in [5.41, 5.74) is 2.82. The fourth-order valence-electron chi connectivity index (χ4n) is 5.50. The lowest BCUT2D eigenvalue weighted by Crippen LogP contribution is -2.60. The van der Waals surface area contributed by atoms with E-state index in [2.05, 4.69) is 20.3 Å². The van der Waals surface area contributed by atoms with E-state index in [1.54, 1.807) is 18.7 Å². The molecule has 0 aliphatic carbocycles. The minimum Gasteiger partial charge on any atom is -0.371 e. The highest BCUT2D eigenvalue weighted by molar-refractivity contribution is 5.96. The Bertz CT molecular complexity index is 1110. The third-order valence-corrected chi connectivity index (χ3v) is 6.87. The number of hydrogen-bond acceptors (Lipinski definition) is 6. The summed E-state index contributed by atoms with van der Waals surface area (Å²) in [7, 11) is 0. The van der Waals surface area contributed by atoms with E-state index < -0.39 is 0 Å². The lowest BCUT2D eigenvalue weighted by molar-refractivity contribution is -0.122. The quantitative estimate of drug-likeness (QED) is 0.607. The van der Waals surface area contributed by atoms with Crippen LogP contribution in [0.25, 0.3) is 11.2 Å². The van der Waals surface area contributed by atoms with E-state index >= 15 is 0 Å². The van der Waals surface area contributed by atoms with Crippen LogP contribution in [0.2, 0.25) is 0 Å². The third-order valence-electron chi connectivity index (χ3n) is 6.87. The third kappa shape index (κ3) is 4.57. The van der Waals surface area contributed by atoms with E-state index in [-0.39, 0.29) is 36.3 Å². The van der Waals surface area contributed by atoms with Crippen molar-refractivity contribution >= 4 is 41.9 Å². The molecule has 3 fully saturated rings. The van der Waals surface area contributed by atoms with Crippen LogP contribution in [0.15, 0.2) is 43.0 Å². The van der Waals surface area contributed by atoms with Crippen molar-refractivity contribution in [1.82, 2.24) is 29.7 Å². The van der Waals surface area contributed by atoms with Crippen LogP contribution in [-0.2, 0) is 11.3 Å². The molecule has 6 rings (SSSR count). The maximum atomic E-state index is 13.3. The molecule has 8 nitrogen and oxygen atoms in total. The normalized spacial score (nSPS) is 26.1. The van der Waals surface area contributed by atoms with Crippen molar-refractivity contribution < 1.29 is 9.53 Å². The summed E-state index contributed by atoms with van der Waals surface area (Å²) < 4.78 is 8.22. The Morgan fingerprint density at radius 1 is 1.15 bits per heavy atom. The summed E-state index contributed by atoms with van der Waals surface area (Å²) in [4.78, 5) is 28.7. The van der Waals surface area contributed by atoms with Gasteiger partial charge in [0.1, 0.15) is 5.52 Å². The number of carbonyl (C=O) groups is 1. The highest BCUT2D eigenvalue weighted by Gasteiger charge is 2.47. The zero-order valence-electron chi connectivity index (χ0n) is 18.2. The first-order valence-electron chi connectivity index (χ1n) is 11.1. The second-order valence-corrected chi connectivity index (χ2v) is 9.06. The van der Waals surface area contributed by atoms with Crippen LogP contribution in [0.4, 0.5) is 0 Å². The molecule has 6 heterocycles. The number of rotatable bonds is 3. The number of imidazole rings is 1. The zero-order chi connectivity index (χ0) is 20.8. The van der Waals surface area contributed by atoms with Crippen molar-refractivity contribution in [1.29, 1.82) is 0 Å². The predicted molar refractivity (Wildman–Crippen MR) is 129 cm³/mol. The molecule has 0 saturated carbocycles. The average molecular weight is 491 g/mol. The summed E-state index contributed by atoms with van der Waals surface area (Å²) in [5, 5.41) is 3.67. The lowest BCUT2D eigenvalue weighted by atomic mass is 9.85. The summed E-state index contributed by atoms with van der Waals surface area (Å²) >= 11 is 0. The van der Waals surface area contributed by atoms with Crippen LogP contribution in [-0.4, -0.2) is 67.7 Å². The van der Waals surface area contributed by atoms with Crippen molar-refractivity contribution in [3.05, 3.63) is 54.2 Å². The van der Waals surface area contributed by atoms with Gasteiger partial charge in [0, 0.05) is 31.0 Å². The molecule has 1 spiro atoms. The van der Waals surface area contributed by atoms with E-state index in [4.69, 9.17) is 4.74 Å². The molecule has 0 radical (unpaired) electrons. The number of fused-ring (bicyclic) bond motifs is 3. The first kappa shape index (κ1) is 23.9. The molecule has 3 aliphatic heterocycles. The van der Waals surface area contributed by atoms with Crippen LogP contribution < -0.4 is 5.32 Å². The van der Waals surface area contributed by atoms with Crippen molar-refractivity contribution in [2.24, 2.45) is 0 Å². The number of ether oxygens (including phenoxy) is 1. The number of halogens is 2. The van der Waals surface area contributed by atoms with Gasteiger partial charge in [0.25, 0.3) is 5.91 Å². The van der Waals surface area contributed by atoms with Gasteiger partial charge < -0.3 is 19.5 Å². The van der Waals surface area contributed by atoms with Crippen LogP contribution in [0, 0.1) is 0 Å². The van der Waals surface area contributed by atoms with Gasteiger partial charge in [-0.2, -0.15) is 0 Å². The van der Waals surface area contributed by atoms with Crippen molar-refractivity contribution in [2.75, 3.05) is 19.7 Å². The van der Waals surface area contributed by atoms with Gasteiger partial charge in [0.2, 0.25) is 0 Å². The molecule has 1 N–H and O–H groups in total.